The molecule has 0 aromatic rings. The summed E-state index contributed by atoms with van der Waals surface area (Å²) in [5.41, 5.74) is 0. The van der Waals surface area contributed by atoms with Gasteiger partial charge in [0.2, 0.25) is 0 Å². The van der Waals surface area contributed by atoms with Crippen LogP contribution in [0.4, 0.5) is 0 Å². The summed E-state index contributed by atoms with van der Waals surface area (Å²) in [6.07, 6.45) is 1.25. The minimum Gasteiger partial charge on any atom is -0.309 e. The molecule has 0 aliphatic heterocycles. The summed E-state index contributed by atoms with van der Waals surface area (Å²) in [6, 6.07) is 0.697. The zero-order valence-electron chi connectivity index (χ0n) is 8.70. The summed E-state index contributed by atoms with van der Waals surface area (Å²) in [6.45, 7) is 3.43. The van der Waals surface area contributed by atoms with Gasteiger partial charge in [-0.2, -0.15) is 0 Å². The molecule has 1 atom stereocenters. The highest BCUT2D eigenvalue weighted by molar-refractivity contribution is 5.85. The summed E-state index contributed by atoms with van der Waals surface area (Å²) in [7, 11) is 8.48. The average molecular weight is 217 g/mol. The van der Waals surface area contributed by atoms with Crippen molar-refractivity contribution in [2.75, 3.05) is 34.7 Å². The number of nitrogens with zero attached hydrogens (tertiary/aromatic N) is 2. The maximum atomic E-state index is 2.25. The van der Waals surface area contributed by atoms with E-state index in [1.807, 2.05) is 0 Å². The van der Waals surface area contributed by atoms with Crippen LogP contribution < -0.4 is 0 Å². The van der Waals surface area contributed by atoms with Crippen molar-refractivity contribution >= 4 is 24.8 Å². The van der Waals surface area contributed by atoms with Crippen LogP contribution in [0.5, 0.6) is 0 Å². The molecular weight excluding hydrogens is 195 g/mol. The largest absolute Gasteiger partial charge is 0.309 e. The van der Waals surface area contributed by atoms with Crippen LogP contribution in [-0.2, 0) is 0 Å². The maximum absolute atomic E-state index is 2.25. The summed E-state index contributed by atoms with van der Waals surface area (Å²) < 4.78 is 0. The van der Waals surface area contributed by atoms with Crippen LogP contribution in [0.2, 0.25) is 0 Å². The smallest absolute Gasteiger partial charge is 0.00730 e. The molecule has 0 N–H and O–H groups in total. The molecule has 12 heavy (non-hydrogen) atoms. The fourth-order valence-electron chi connectivity index (χ4n) is 0.703. The third-order valence-corrected chi connectivity index (χ3v) is 1.88. The molecule has 0 heterocycles. The normalized spacial score (nSPS) is 12.2. The predicted molar refractivity (Wildman–Crippen MR) is 60.8 cm³/mol. The van der Waals surface area contributed by atoms with Gasteiger partial charge < -0.3 is 9.80 Å². The lowest BCUT2D eigenvalue weighted by Gasteiger charge is -2.21. The van der Waals surface area contributed by atoms with E-state index in [0.29, 0.717) is 6.04 Å². The summed E-state index contributed by atoms with van der Waals surface area (Å²) in [5, 5.41) is 0. The van der Waals surface area contributed by atoms with E-state index < -0.39 is 0 Å². The molecule has 0 bridgehead atoms. The van der Waals surface area contributed by atoms with E-state index in [0.717, 1.165) is 0 Å². The number of rotatable bonds is 4. The van der Waals surface area contributed by atoms with Crippen LogP contribution in [0.1, 0.15) is 13.3 Å². The van der Waals surface area contributed by atoms with Crippen molar-refractivity contribution in [1.29, 1.82) is 0 Å². The van der Waals surface area contributed by atoms with Crippen LogP contribution in [-0.4, -0.2) is 50.6 Å². The van der Waals surface area contributed by atoms with Crippen molar-refractivity contribution in [3.05, 3.63) is 0 Å². The Kier molecular flexibility index (Phi) is 14.6. The second kappa shape index (κ2) is 9.59. The minimum atomic E-state index is 0. The predicted octanol–water partition coefficient (Wildman–Crippen LogP) is 1.73. The van der Waals surface area contributed by atoms with Gasteiger partial charge in [0.1, 0.15) is 0 Å². The lowest BCUT2D eigenvalue weighted by atomic mass is 10.2. The zero-order valence-corrected chi connectivity index (χ0v) is 10.3. The third kappa shape index (κ3) is 10.5. The third-order valence-electron chi connectivity index (χ3n) is 1.88. The molecule has 0 amide bonds. The first kappa shape index (κ1) is 18.3. The van der Waals surface area contributed by atoms with E-state index in [-0.39, 0.29) is 24.8 Å². The highest BCUT2D eigenvalue weighted by Crippen LogP contribution is 1.97. The first-order valence-corrected chi connectivity index (χ1v) is 3.85. The molecule has 0 rings (SSSR count). The molecule has 0 aromatic carbocycles. The Labute approximate surface area is 89.1 Å². The molecule has 4 heteroatoms. The first-order valence-electron chi connectivity index (χ1n) is 3.85. The van der Waals surface area contributed by atoms with Gasteiger partial charge in [-0.1, -0.05) is 0 Å². The van der Waals surface area contributed by atoms with E-state index in [4.69, 9.17) is 0 Å². The van der Waals surface area contributed by atoms with Crippen molar-refractivity contribution in [3.63, 3.8) is 0 Å². The maximum Gasteiger partial charge on any atom is 0.00730 e. The molecule has 0 saturated heterocycles. The van der Waals surface area contributed by atoms with Gasteiger partial charge in [0.05, 0.1) is 0 Å². The van der Waals surface area contributed by atoms with E-state index in [9.17, 15) is 0 Å². The van der Waals surface area contributed by atoms with E-state index in [1.54, 1.807) is 0 Å². The lowest BCUT2D eigenvalue weighted by molar-refractivity contribution is 0.267. The Morgan fingerprint density at radius 1 is 1.00 bits per heavy atom. The Balaban J connectivity index is -0.000000405. The molecule has 0 radical (unpaired) electrons. The molecule has 0 aromatic heterocycles. The number of halogens is 2. The zero-order chi connectivity index (χ0) is 8.15. The van der Waals surface area contributed by atoms with E-state index in [2.05, 4.69) is 44.9 Å². The van der Waals surface area contributed by atoms with Crippen molar-refractivity contribution < 1.29 is 0 Å². The van der Waals surface area contributed by atoms with Crippen LogP contribution in [0.3, 0.4) is 0 Å². The second-order valence-electron chi connectivity index (χ2n) is 3.40. The highest BCUT2D eigenvalue weighted by Gasteiger charge is 2.03. The number of hydrogen-bond donors (Lipinski definition) is 0. The molecule has 0 saturated carbocycles. The molecule has 78 valence electrons. The quantitative estimate of drug-likeness (QED) is 0.707. The highest BCUT2D eigenvalue weighted by atomic mass is 35.5. The average Bonchev–Trinajstić information content (AvgIpc) is 1.82. The van der Waals surface area contributed by atoms with E-state index >= 15 is 0 Å². The van der Waals surface area contributed by atoms with Crippen LogP contribution in [0, 0.1) is 0 Å². The fourth-order valence-corrected chi connectivity index (χ4v) is 0.703. The SMILES string of the molecule is CC(CCN(C)C)N(C)C.Cl.Cl. The molecular formula is C8H22Cl2N2. The Bertz CT molecular complexity index is 87.1. The van der Waals surface area contributed by atoms with Crippen molar-refractivity contribution in [2.24, 2.45) is 0 Å². The Morgan fingerprint density at radius 3 is 1.67 bits per heavy atom. The van der Waals surface area contributed by atoms with Crippen LogP contribution in [0.15, 0.2) is 0 Å². The van der Waals surface area contributed by atoms with Gasteiger partial charge in [-0.3, -0.25) is 0 Å². The van der Waals surface area contributed by atoms with Gasteiger partial charge in [-0.25, -0.2) is 0 Å². The van der Waals surface area contributed by atoms with Gasteiger partial charge in [-0.15, -0.1) is 24.8 Å². The van der Waals surface area contributed by atoms with E-state index in [1.165, 1.54) is 13.0 Å². The molecule has 0 aliphatic carbocycles. The summed E-state index contributed by atoms with van der Waals surface area (Å²) in [4.78, 5) is 4.48. The topological polar surface area (TPSA) is 6.48 Å². The van der Waals surface area contributed by atoms with Crippen LogP contribution >= 0.6 is 24.8 Å². The second-order valence-corrected chi connectivity index (χ2v) is 3.40. The Hall–Kier alpha value is 0.500. The van der Waals surface area contributed by atoms with Gasteiger partial charge in [0.15, 0.2) is 0 Å². The lowest BCUT2D eigenvalue weighted by Crippen LogP contribution is -2.28. The van der Waals surface area contributed by atoms with Crippen molar-refractivity contribution in [1.82, 2.24) is 9.80 Å². The molecule has 1 unspecified atom stereocenters. The number of hydrogen-bond acceptors (Lipinski definition) is 2. The standard InChI is InChI=1S/C8H20N2.2ClH/c1-8(10(4)5)6-7-9(2)3;;/h8H,6-7H2,1-5H3;2*1H. The summed E-state index contributed by atoms with van der Waals surface area (Å²) >= 11 is 0. The monoisotopic (exact) mass is 216 g/mol. The summed E-state index contributed by atoms with van der Waals surface area (Å²) in [5.74, 6) is 0. The molecule has 0 aliphatic rings. The van der Waals surface area contributed by atoms with Crippen molar-refractivity contribution in [2.45, 2.75) is 19.4 Å². The van der Waals surface area contributed by atoms with Gasteiger partial charge in [-0.05, 0) is 48.1 Å². The molecule has 2 nitrogen and oxygen atoms in total. The fraction of sp³-hybridized carbons (Fsp3) is 1.00. The minimum absolute atomic E-state index is 0. The first-order chi connectivity index (χ1) is 4.54. The molecule has 0 spiro atoms. The van der Waals surface area contributed by atoms with Gasteiger partial charge >= 0.3 is 0 Å². The van der Waals surface area contributed by atoms with Crippen LogP contribution in [0.25, 0.3) is 0 Å². The molecule has 0 fully saturated rings. The van der Waals surface area contributed by atoms with Gasteiger partial charge in [0.25, 0.3) is 0 Å². The van der Waals surface area contributed by atoms with Crippen molar-refractivity contribution in [3.8, 4) is 0 Å². The van der Waals surface area contributed by atoms with Gasteiger partial charge in [0, 0.05) is 6.04 Å². The Morgan fingerprint density at radius 2 is 1.42 bits per heavy atom.